The van der Waals surface area contributed by atoms with Crippen molar-refractivity contribution in [3.63, 3.8) is 0 Å². The highest BCUT2D eigenvalue weighted by Gasteiger charge is 2.18. The smallest absolute Gasteiger partial charge is 0.256 e. The summed E-state index contributed by atoms with van der Waals surface area (Å²) in [7, 11) is 0. The van der Waals surface area contributed by atoms with E-state index in [2.05, 4.69) is 15.4 Å². The van der Waals surface area contributed by atoms with Crippen LogP contribution in [0.5, 0.6) is 0 Å². The predicted molar refractivity (Wildman–Crippen MR) is 103 cm³/mol. The van der Waals surface area contributed by atoms with Gasteiger partial charge in [-0.15, -0.1) is 0 Å². The van der Waals surface area contributed by atoms with Crippen molar-refractivity contribution < 1.29 is 13.6 Å². The number of aryl methyl sites for hydroxylation is 1. The van der Waals surface area contributed by atoms with E-state index >= 15 is 0 Å². The van der Waals surface area contributed by atoms with Gasteiger partial charge in [-0.1, -0.05) is 18.2 Å². The fourth-order valence-electron chi connectivity index (χ4n) is 2.98. The Labute approximate surface area is 164 Å². The van der Waals surface area contributed by atoms with Crippen LogP contribution in [0.25, 0.3) is 16.7 Å². The molecule has 0 spiro atoms. The summed E-state index contributed by atoms with van der Waals surface area (Å²) in [5.74, 6) is -2.41. The molecule has 142 valence electrons. The maximum Gasteiger partial charge on any atom is 0.256 e. The summed E-state index contributed by atoms with van der Waals surface area (Å²) >= 11 is 0. The molecule has 0 aliphatic carbocycles. The lowest BCUT2D eigenvalue weighted by molar-refractivity contribution is 0.102. The van der Waals surface area contributed by atoms with Gasteiger partial charge in [0.15, 0.2) is 23.3 Å². The van der Waals surface area contributed by atoms with Gasteiger partial charge >= 0.3 is 0 Å². The van der Waals surface area contributed by atoms with Gasteiger partial charge in [-0.3, -0.25) is 4.79 Å². The number of rotatable bonds is 3. The molecule has 2 aromatic heterocycles. The molecule has 0 fully saturated rings. The van der Waals surface area contributed by atoms with Gasteiger partial charge in [-0.25, -0.2) is 13.8 Å². The molecular formula is C21H13F2N5O. The average Bonchev–Trinajstić information content (AvgIpc) is 3.12. The molecule has 4 rings (SSSR count). The monoisotopic (exact) mass is 389 g/mol. The van der Waals surface area contributed by atoms with E-state index in [0.29, 0.717) is 5.82 Å². The summed E-state index contributed by atoms with van der Waals surface area (Å²) in [6.07, 6.45) is 1.30. The van der Waals surface area contributed by atoms with Crippen LogP contribution in [0, 0.1) is 29.9 Å². The average molecular weight is 389 g/mol. The Hall–Kier alpha value is -4.12. The van der Waals surface area contributed by atoms with Crippen molar-refractivity contribution in [1.82, 2.24) is 14.8 Å². The molecule has 0 aliphatic rings. The Kier molecular flexibility index (Phi) is 4.49. The fourth-order valence-corrected chi connectivity index (χ4v) is 2.98. The molecule has 0 bridgehead atoms. The Bertz CT molecular complexity index is 1310. The normalized spacial score (nSPS) is 10.7. The highest BCUT2D eigenvalue weighted by atomic mass is 19.2. The standard InChI is InChI=1S/C21H13F2N5O/c1-12-8-19(26-18-5-3-2-4-15(12)18)28-20(14(10-24)11-25-28)27-21(29)13-6-7-16(22)17(23)9-13/h2-9,11H,1H3,(H,27,29). The summed E-state index contributed by atoms with van der Waals surface area (Å²) in [5, 5.41) is 17.1. The van der Waals surface area contributed by atoms with Crippen molar-refractivity contribution >= 4 is 22.6 Å². The maximum atomic E-state index is 13.5. The van der Waals surface area contributed by atoms with Crippen LogP contribution in [0.15, 0.2) is 54.7 Å². The molecule has 2 heterocycles. The van der Waals surface area contributed by atoms with Gasteiger partial charge in [0.25, 0.3) is 5.91 Å². The molecule has 0 aliphatic heterocycles. The van der Waals surface area contributed by atoms with Gasteiger partial charge in [0.1, 0.15) is 11.6 Å². The molecule has 1 amide bonds. The van der Waals surface area contributed by atoms with E-state index < -0.39 is 17.5 Å². The molecule has 0 radical (unpaired) electrons. The summed E-state index contributed by atoms with van der Waals surface area (Å²) < 4.78 is 27.9. The number of para-hydroxylation sites is 1. The van der Waals surface area contributed by atoms with Gasteiger partial charge < -0.3 is 5.32 Å². The zero-order valence-electron chi connectivity index (χ0n) is 15.1. The SMILES string of the molecule is Cc1cc(-n2ncc(C#N)c2NC(=O)c2ccc(F)c(F)c2)nc2ccccc12. The number of nitrogens with one attached hydrogen (secondary N) is 1. The van der Waals surface area contributed by atoms with Crippen LogP contribution in [0.3, 0.4) is 0 Å². The van der Waals surface area contributed by atoms with Crippen LogP contribution in [-0.2, 0) is 0 Å². The molecule has 0 saturated heterocycles. The van der Waals surface area contributed by atoms with Crippen molar-refractivity contribution in [1.29, 1.82) is 5.26 Å². The lowest BCUT2D eigenvalue weighted by Crippen LogP contribution is -2.17. The second kappa shape index (κ2) is 7.13. The van der Waals surface area contributed by atoms with E-state index in [0.717, 1.165) is 34.7 Å². The highest BCUT2D eigenvalue weighted by molar-refractivity contribution is 6.04. The topological polar surface area (TPSA) is 83.6 Å². The number of pyridine rings is 1. The first-order valence-electron chi connectivity index (χ1n) is 8.59. The summed E-state index contributed by atoms with van der Waals surface area (Å²) in [6, 6.07) is 14.1. The van der Waals surface area contributed by atoms with E-state index in [-0.39, 0.29) is 16.9 Å². The Balaban J connectivity index is 1.78. The van der Waals surface area contributed by atoms with Gasteiger partial charge in [0.2, 0.25) is 0 Å². The lowest BCUT2D eigenvalue weighted by atomic mass is 10.1. The van der Waals surface area contributed by atoms with Gasteiger partial charge in [-0.05, 0) is 42.8 Å². The number of amides is 1. The first-order valence-corrected chi connectivity index (χ1v) is 8.59. The summed E-state index contributed by atoms with van der Waals surface area (Å²) in [5.41, 5.74) is 1.68. The molecule has 0 saturated carbocycles. The number of hydrogen-bond acceptors (Lipinski definition) is 4. The predicted octanol–water partition coefficient (Wildman–Crippen LogP) is 4.13. The van der Waals surface area contributed by atoms with E-state index in [4.69, 9.17) is 0 Å². The Morgan fingerprint density at radius 3 is 2.69 bits per heavy atom. The van der Waals surface area contributed by atoms with Gasteiger partial charge in [0.05, 0.1) is 11.7 Å². The third kappa shape index (κ3) is 3.30. The number of halogens is 2. The number of benzene rings is 2. The number of aromatic nitrogens is 3. The summed E-state index contributed by atoms with van der Waals surface area (Å²) in [4.78, 5) is 17.1. The first-order chi connectivity index (χ1) is 14.0. The molecule has 4 aromatic rings. The van der Waals surface area contributed by atoms with Crippen molar-refractivity contribution in [3.05, 3.63) is 83.1 Å². The highest BCUT2D eigenvalue weighted by Crippen LogP contribution is 2.24. The first kappa shape index (κ1) is 18.3. The van der Waals surface area contributed by atoms with Crippen molar-refractivity contribution in [3.8, 4) is 11.9 Å². The number of hydrogen-bond donors (Lipinski definition) is 1. The van der Waals surface area contributed by atoms with E-state index in [1.807, 2.05) is 37.3 Å². The number of anilines is 1. The van der Waals surface area contributed by atoms with Crippen LogP contribution in [0.4, 0.5) is 14.6 Å². The number of fused-ring (bicyclic) bond motifs is 1. The quantitative estimate of drug-likeness (QED) is 0.571. The van der Waals surface area contributed by atoms with Crippen molar-refractivity contribution in [2.75, 3.05) is 5.32 Å². The molecular weight excluding hydrogens is 376 g/mol. The van der Waals surface area contributed by atoms with Crippen molar-refractivity contribution in [2.24, 2.45) is 0 Å². The third-order valence-corrected chi connectivity index (χ3v) is 4.43. The molecule has 2 aromatic carbocycles. The molecule has 6 nitrogen and oxygen atoms in total. The minimum atomic E-state index is -1.14. The zero-order valence-corrected chi connectivity index (χ0v) is 15.1. The number of carbonyl (C=O) groups excluding carboxylic acids is 1. The molecule has 0 unspecified atom stereocenters. The fraction of sp³-hybridized carbons (Fsp3) is 0.0476. The molecule has 29 heavy (non-hydrogen) atoms. The van der Waals surface area contributed by atoms with Crippen LogP contribution in [0.1, 0.15) is 21.5 Å². The van der Waals surface area contributed by atoms with Crippen molar-refractivity contribution in [2.45, 2.75) is 6.92 Å². The molecule has 8 heteroatoms. The minimum Gasteiger partial charge on any atom is -0.305 e. The number of carbonyl (C=O) groups is 1. The number of nitrogens with zero attached hydrogens (tertiary/aromatic N) is 4. The minimum absolute atomic E-state index is 0.0874. The van der Waals surface area contributed by atoms with E-state index in [1.165, 1.54) is 10.9 Å². The van der Waals surface area contributed by atoms with Crippen LogP contribution < -0.4 is 5.32 Å². The Morgan fingerprint density at radius 1 is 1.14 bits per heavy atom. The van der Waals surface area contributed by atoms with E-state index in [1.54, 1.807) is 6.07 Å². The largest absolute Gasteiger partial charge is 0.305 e. The molecule has 0 atom stereocenters. The zero-order chi connectivity index (χ0) is 20.5. The Morgan fingerprint density at radius 2 is 1.93 bits per heavy atom. The second-order valence-electron chi connectivity index (χ2n) is 6.33. The van der Waals surface area contributed by atoms with Crippen LogP contribution in [0.2, 0.25) is 0 Å². The van der Waals surface area contributed by atoms with Gasteiger partial charge in [-0.2, -0.15) is 15.0 Å². The third-order valence-electron chi connectivity index (χ3n) is 4.43. The second-order valence-corrected chi connectivity index (χ2v) is 6.33. The maximum absolute atomic E-state index is 13.5. The van der Waals surface area contributed by atoms with Crippen LogP contribution >= 0.6 is 0 Å². The lowest BCUT2D eigenvalue weighted by Gasteiger charge is -2.11. The van der Waals surface area contributed by atoms with Crippen LogP contribution in [-0.4, -0.2) is 20.7 Å². The molecule has 1 N–H and O–H groups in total. The van der Waals surface area contributed by atoms with E-state index in [9.17, 15) is 18.8 Å². The van der Waals surface area contributed by atoms with Gasteiger partial charge in [0, 0.05) is 10.9 Å². The number of nitriles is 1. The summed E-state index contributed by atoms with van der Waals surface area (Å²) in [6.45, 7) is 1.92.